The van der Waals surface area contributed by atoms with Gasteiger partial charge in [-0.05, 0) is 30.7 Å². The first-order valence-corrected chi connectivity index (χ1v) is 5.99. The fourth-order valence-corrected chi connectivity index (χ4v) is 1.68. The molecular weight excluding hydrogens is 212 g/mol. The highest BCUT2D eigenvalue weighted by Gasteiger charge is 1.99. The van der Waals surface area contributed by atoms with Gasteiger partial charge in [-0.25, -0.2) is 9.97 Å². The number of nitrogens with one attached hydrogen (secondary N) is 1. The van der Waals surface area contributed by atoms with Crippen molar-refractivity contribution < 1.29 is 0 Å². The Bertz CT molecular complexity index is 436. The number of hydrogen-bond donors (Lipinski definition) is 1. The standard InChI is InChI=1S/C13H18N4/c1-2-5-14-9-12-4-8-17(10-12)11-13-15-6-3-7-16-13/h3-4,6-8,10,14H,2,5,9,11H2,1H3. The summed E-state index contributed by atoms with van der Waals surface area (Å²) in [5.41, 5.74) is 1.30. The Morgan fingerprint density at radius 3 is 2.88 bits per heavy atom. The molecule has 0 aliphatic carbocycles. The molecule has 4 nitrogen and oxygen atoms in total. The molecule has 0 saturated carbocycles. The normalized spacial score (nSPS) is 10.6. The molecule has 0 aliphatic rings. The molecule has 0 aromatic carbocycles. The summed E-state index contributed by atoms with van der Waals surface area (Å²) in [6.45, 7) is 4.89. The second-order valence-corrected chi connectivity index (χ2v) is 4.03. The van der Waals surface area contributed by atoms with Gasteiger partial charge >= 0.3 is 0 Å². The van der Waals surface area contributed by atoms with Crippen LogP contribution in [0.15, 0.2) is 36.9 Å². The average Bonchev–Trinajstić information content (AvgIpc) is 2.79. The largest absolute Gasteiger partial charge is 0.346 e. The maximum absolute atomic E-state index is 4.21. The van der Waals surface area contributed by atoms with E-state index in [4.69, 9.17) is 0 Å². The van der Waals surface area contributed by atoms with Gasteiger partial charge in [0.1, 0.15) is 5.82 Å². The van der Waals surface area contributed by atoms with Crippen molar-refractivity contribution in [3.8, 4) is 0 Å². The molecule has 2 heterocycles. The van der Waals surface area contributed by atoms with Crippen molar-refractivity contribution in [2.24, 2.45) is 0 Å². The van der Waals surface area contributed by atoms with Gasteiger partial charge in [0.05, 0.1) is 6.54 Å². The highest BCUT2D eigenvalue weighted by molar-refractivity contribution is 5.10. The van der Waals surface area contributed by atoms with E-state index in [-0.39, 0.29) is 0 Å². The third kappa shape index (κ3) is 3.67. The van der Waals surface area contributed by atoms with Crippen LogP contribution in [-0.4, -0.2) is 21.1 Å². The molecule has 2 aromatic heterocycles. The monoisotopic (exact) mass is 230 g/mol. The van der Waals surface area contributed by atoms with E-state index >= 15 is 0 Å². The molecule has 4 heteroatoms. The molecule has 17 heavy (non-hydrogen) atoms. The summed E-state index contributed by atoms with van der Waals surface area (Å²) in [7, 11) is 0. The zero-order valence-corrected chi connectivity index (χ0v) is 10.1. The maximum atomic E-state index is 4.21. The topological polar surface area (TPSA) is 42.7 Å². The summed E-state index contributed by atoms with van der Waals surface area (Å²) in [6.07, 6.45) is 8.92. The van der Waals surface area contributed by atoms with Gasteiger partial charge in [-0.3, -0.25) is 0 Å². The van der Waals surface area contributed by atoms with Gasteiger partial charge in [-0.15, -0.1) is 0 Å². The first-order valence-electron chi connectivity index (χ1n) is 5.99. The number of aromatic nitrogens is 3. The first kappa shape index (κ1) is 11.8. The zero-order valence-electron chi connectivity index (χ0n) is 10.1. The van der Waals surface area contributed by atoms with Crippen LogP contribution in [0.3, 0.4) is 0 Å². The quantitative estimate of drug-likeness (QED) is 0.770. The minimum Gasteiger partial charge on any atom is -0.346 e. The lowest BCUT2D eigenvalue weighted by Crippen LogP contribution is -2.13. The fraction of sp³-hybridized carbons (Fsp3) is 0.385. The van der Waals surface area contributed by atoms with Gasteiger partial charge in [-0.1, -0.05) is 6.92 Å². The predicted octanol–water partition coefficient (Wildman–Crippen LogP) is 1.83. The SMILES string of the molecule is CCCNCc1ccn(Cc2ncccn2)c1. The smallest absolute Gasteiger partial charge is 0.147 e. The minimum absolute atomic E-state index is 0.731. The van der Waals surface area contributed by atoms with Crippen LogP contribution in [0, 0.1) is 0 Å². The molecular formula is C13H18N4. The van der Waals surface area contributed by atoms with E-state index in [1.807, 2.05) is 6.07 Å². The summed E-state index contributed by atoms with van der Waals surface area (Å²) in [5.74, 6) is 0.844. The molecule has 0 spiro atoms. The summed E-state index contributed by atoms with van der Waals surface area (Å²) in [4.78, 5) is 8.42. The van der Waals surface area contributed by atoms with E-state index in [0.717, 1.165) is 25.5 Å². The first-order chi connectivity index (χ1) is 8.38. The molecule has 0 radical (unpaired) electrons. The lowest BCUT2D eigenvalue weighted by Gasteiger charge is -2.01. The van der Waals surface area contributed by atoms with Gasteiger partial charge < -0.3 is 9.88 Å². The van der Waals surface area contributed by atoms with Crippen molar-refractivity contribution in [1.29, 1.82) is 0 Å². The molecule has 0 aliphatic heterocycles. The Morgan fingerprint density at radius 2 is 2.12 bits per heavy atom. The van der Waals surface area contributed by atoms with Crippen molar-refractivity contribution >= 4 is 0 Å². The molecule has 0 unspecified atom stereocenters. The number of nitrogens with zero attached hydrogens (tertiary/aromatic N) is 3. The Morgan fingerprint density at radius 1 is 1.29 bits per heavy atom. The van der Waals surface area contributed by atoms with Crippen LogP contribution in [0.5, 0.6) is 0 Å². The predicted molar refractivity (Wildman–Crippen MR) is 67.6 cm³/mol. The van der Waals surface area contributed by atoms with Crippen LogP contribution in [-0.2, 0) is 13.1 Å². The summed E-state index contributed by atoms with van der Waals surface area (Å²) in [5, 5.41) is 3.38. The van der Waals surface area contributed by atoms with Crippen molar-refractivity contribution in [3.63, 3.8) is 0 Å². The number of hydrogen-bond acceptors (Lipinski definition) is 3. The summed E-state index contributed by atoms with van der Waals surface area (Å²) in [6, 6.07) is 3.96. The zero-order chi connectivity index (χ0) is 11.9. The van der Waals surface area contributed by atoms with Crippen molar-refractivity contribution in [1.82, 2.24) is 19.9 Å². The van der Waals surface area contributed by atoms with Crippen LogP contribution in [0.2, 0.25) is 0 Å². The van der Waals surface area contributed by atoms with E-state index in [0.29, 0.717) is 0 Å². The van der Waals surface area contributed by atoms with Crippen molar-refractivity contribution in [3.05, 3.63) is 48.3 Å². The van der Waals surface area contributed by atoms with Gasteiger partial charge in [0.15, 0.2) is 0 Å². The van der Waals surface area contributed by atoms with E-state index in [1.165, 1.54) is 12.0 Å². The second kappa shape index (κ2) is 6.15. The Hall–Kier alpha value is -1.68. The van der Waals surface area contributed by atoms with Gasteiger partial charge in [0.25, 0.3) is 0 Å². The van der Waals surface area contributed by atoms with Crippen LogP contribution in [0.1, 0.15) is 24.7 Å². The fourth-order valence-electron chi connectivity index (χ4n) is 1.68. The average molecular weight is 230 g/mol. The lowest BCUT2D eigenvalue weighted by molar-refractivity contribution is 0.672. The van der Waals surface area contributed by atoms with E-state index in [2.05, 4.69) is 45.2 Å². The molecule has 0 saturated heterocycles. The van der Waals surface area contributed by atoms with Crippen LogP contribution < -0.4 is 5.32 Å². The third-order valence-electron chi connectivity index (χ3n) is 2.51. The molecule has 0 fully saturated rings. The van der Waals surface area contributed by atoms with E-state index in [1.54, 1.807) is 12.4 Å². The van der Waals surface area contributed by atoms with Gasteiger partial charge in [0, 0.05) is 31.3 Å². The highest BCUT2D eigenvalue weighted by atomic mass is 15.0. The lowest BCUT2D eigenvalue weighted by atomic mass is 10.3. The van der Waals surface area contributed by atoms with Crippen LogP contribution >= 0.6 is 0 Å². The molecule has 2 rings (SSSR count). The Labute approximate surface area is 102 Å². The molecule has 1 N–H and O–H groups in total. The maximum Gasteiger partial charge on any atom is 0.147 e. The summed E-state index contributed by atoms with van der Waals surface area (Å²) < 4.78 is 2.11. The van der Waals surface area contributed by atoms with Crippen LogP contribution in [0.4, 0.5) is 0 Å². The van der Waals surface area contributed by atoms with E-state index < -0.39 is 0 Å². The van der Waals surface area contributed by atoms with Crippen molar-refractivity contribution in [2.45, 2.75) is 26.4 Å². The molecule has 90 valence electrons. The van der Waals surface area contributed by atoms with E-state index in [9.17, 15) is 0 Å². The van der Waals surface area contributed by atoms with Gasteiger partial charge in [0.2, 0.25) is 0 Å². The molecule has 0 bridgehead atoms. The molecule has 0 amide bonds. The third-order valence-corrected chi connectivity index (χ3v) is 2.51. The molecule has 0 atom stereocenters. The minimum atomic E-state index is 0.731. The molecule has 2 aromatic rings. The number of rotatable bonds is 6. The van der Waals surface area contributed by atoms with Crippen molar-refractivity contribution in [2.75, 3.05) is 6.54 Å². The van der Waals surface area contributed by atoms with Crippen LogP contribution in [0.25, 0.3) is 0 Å². The second-order valence-electron chi connectivity index (χ2n) is 4.03. The summed E-state index contributed by atoms with van der Waals surface area (Å²) >= 11 is 0. The highest BCUT2D eigenvalue weighted by Crippen LogP contribution is 2.03. The Kier molecular flexibility index (Phi) is 4.27. The Balaban J connectivity index is 1.90. The van der Waals surface area contributed by atoms with Gasteiger partial charge in [-0.2, -0.15) is 0 Å².